The lowest BCUT2D eigenvalue weighted by Gasteiger charge is -2.20. The molecule has 2 atom stereocenters. The van der Waals surface area contributed by atoms with E-state index < -0.39 is 0 Å². The van der Waals surface area contributed by atoms with Crippen molar-refractivity contribution in [1.82, 2.24) is 4.90 Å². The molecule has 2 heterocycles. The molecule has 2 saturated heterocycles. The topological polar surface area (TPSA) is 56.6 Å². The Labute approximate surface area is 122 Å². The standard InChI is InChI=1S/C14H17N3O2S/c1-16(2)10-5-3-4-9(6-10)13(18)17-11-7-20-8-12(11)19-14(17)15/h3-6,11-12,15H,7-8H2,1-2H3/t11-,12-/m0/s1. The SMILES string of the molecule is CN(C)c1cccc(C(=O)N2C(=N)O[C@H]3CSC[C@@H]32)c1. The van der Waals surface area contributed by atoms with Crippen LogP contribution < -0.4 is 4.90 Å². The second kappa shape index (κ2) is 5.01. The molecule has 0 unspecified atom stereocenters. The van der Waals surface area contributed by atoms with Crippen LogP contribution in [0.2, 0.25) is 0 Å². The zero-order valence-corrected chi connectivity index (χ0v) is 12.3. The molecule has 2 aliphatic rings. The third kappa shape index (κ3) is 2.14. The number of ether oxygens (including phenoxy) is 1. The maximum atomic E-state index is 12.7. The zero-order valence-electron chi connectivity index (χ0n) is 11.5. The van der Waals surface area contributed by atoms with Crippen LogP contribution in [-0.4, -0.2) is 54.6 Å². The molecule has 0 aliphatic carbocycles. The molecule has 1 aromatic rings. The summed E-state index contributed by atoms with van der Waals surface area (Å²) in [6.45, 7) is 0. The minimum absolute atomic E-state index is 0.00279. The largest absolute Gasteiger partial charge is 0.459 e. The summed E-state index contributed by atoms with van der Waals surface area (Å²) in [5.41, 5.74) is 1.57. The summed E-state index contributed by atoms with van der Waals surface area (Å²) in [5.74, 6) is 1.55. The molecule has 5 nitrogen and oxygen atoms in total. The zero-order chi connectivity index (χ0) is 14.3. The Hall–Kier alpha value is -1.69. The van der Waals surface area contributed by atoms with E-state index in [1.54, 1.807) is 17.8 Å². The number of fused-ring (bicyclic) bond motifs is 1. The maximum absolute atomic E-state index is 12.7. The molecule has 3 rings (SSSR count). The van der Waals surface area contributed by atoms with Gasteiger partial charge in [0.2, 0.25) is 0 Å². The third-order valence-corrected chi connectivity index (χ3v) is 4.78. The van der Waals surface area contributed by atoms with Gasteiger partial charge in [-0.15, -0.1) is 0 Å². The van der Waals surface area contributed by atoms with Gasteiger partial charge in [-0.05, 0) is 18.2 Å². The molecule has 0 radical (unpaired) electrons. The van der Waals surface area contributed by atoms with E-state index in [9.17, 15) is 4.79 Å². The number of amidine groups is 1. The summed E-state index contributed by atoms with van der Waals surface area (Å²) in [4.78, 5) is 16.1. The number of nitrogens with zero attached hydrogens (tertiary/aromatic N) is 2. The average molecular weight is 291 g/mol. The number of anilines is 1. The van der Waals surface area contributed by atoms with Crippen molar-refractivity contribution in [2.75, 3.05) is 30.5 Å². The van der Waals surface area contributed by atoms with E-state index in [2.05, 4.69) is 0 Å². The molecular formula is C14H17N3O2S. The molecule has 1 amide bonds. The predicted molar refractivity (Wildman–Crippen MR) is 80.7 cm³/mol. The average Bonchev–Trinajstić information content (AvgIpc) is 2.98. The smallest absolute Gasteiger partial charge is 0.292 e. The lowest BCUT2D eigenvalue weighted by atomic mass is 10.1. The van der Waals surface area contributed by atoms with Crippen molar-refractivity contribution < 1.29 is 9.53 Å². The van der Waals surface area contributed by atoms with Crippen LogP contribution >= 0.6 is 11.8 Å². The monoisotopic (exact) mass is 291 g/mol. The molecule has 0 bridgehead atoms. The van der Waals surface area contributed by atoms with Gasteiger partial charge < -0.3 is 9.64 Å². The summed E-state index contributed by atoms with van der Waals surface area (Å²) in [5, 5.41) is 7.89. The van der Waals surface area contributed by atoms with Crippen molar-refractivity contribution in [3.05, 3.63) is 29.8 Å². The van der Waals surface area contributed by atoms with Gasteiger partial charge in [-0.3, -0.25) is 15.1 Å². The Kier molecular flexibility index (Phi) is 3.33. The van der Waals surface area contributed by atoms with Crippen LogP contribution in [0.3, 0.4) is 0 Å². The number of hydrogen-bond acceptors (Lipinski definition) is 5. The summed E-state index contributed by atoms with van der Waals surface area (Å²) >= 11 is 1.77. The Morgan fingerprint density at radius 3 is 3.00 bits per heavy atom. The van der Waals surface area contributed by atoms with Crippen LogP contribution in [0.15, 0.2) is 24.3 Å². The van der Waals surface area contributed by atoms with Gasteiger partial charge in [-0.1, -0.05) is 6.07 Å². The van der Waals surface area contributed by atoms with Crippen LogP contribution in [-0.2, 0) is 4.74 Å². The Balaban J connectivity index is 1.88. The highest BCUT2D eigenvalue weighted by Crippen LogP contribution is 2.32. The van der Waals surface area contributed by atoms with Crippen molar-refractivity contribution in [3.63, 3.8) is 0 Å². The van der Waals surface area contributed by atoms with Gasteiger partial charge >= 0.3 is 0 Å². The minimum Gasteiger partial charge on any atom is -0.459 e. The molecule has 106 valence electrons. The van der Waals surface area contributed by atoms with E-state index in [-0.39, 0.29) is 24.1 Å². The van der Waals surface area contributed by atoms with Crippen LogP contribution in [0.4, 0.5) is 5.69 Å². The van der Waals surface area contributed by atoms with Crippen LogP contribution in [0.25, 0.3) is 0 Å². The number of carbonyl (C=O) groups excluding carboxylic acids is 1. The number of carbonyl (C=O) groups is 1. The fourth-order valence-corrected chi connectivity index (χ4v) is 3.79. The Morgan fingerprint density at radius 1 is 1.45 bits per heavy atom. The minimum atomic E-state index is -0.145. The van der Waals surface area contributed by atoms with Crippen molar-refractivity contribution in [1.29, 1.82) is 5.41 Å². The lowest BCUT2D eigenvalue weighted by Crippen LogP contribution is -2.41. The van der Waals surface area contributed by atoms with Crippen molar-refractivity contribution in [2.24, 2.45) is 0 Å². The second-order valence-electron chi connectivity index (χ2n) is 5.19. The van der Waals surface area contributed by atoms with Crippen molar-refractivity contribution in [3.8, 4) is 0 Å². The third-order valence-electron chi connectivity index (χ3n) is 3.64. The first kappa shape index (κ1) is 13.3. The van der Waals surface area contributed by atoms with Crippen LogP contribution in [0, 0.1) is 5.41 Å². The fraction of sp³-hybridized carbons (Fsp3) is 0.429. The number of benzene rings is 1. The van der Waals surface area contributed by atoms with E-state index in [0.717, 1.165) is 17.2 Å². The highest BCUT2D eigenvalue weighted by molar-refractivity contribution is 7.99. The summed E-state index contributed by atoms with van der Waals surface area (Å²) < 4.78 is 5.48. The van der Waals surface area contributed by atoms with Gasteiger partial charge in [0.1, 0.15) is 6.10 Å². The molecule has 2 fully saturated rings. The first-order valence-electron chi connectivity index (χ1n) is 6.52. The van der Waals surface area contributed by atoms with Gasteiger partial charge in [-0.2, -0.15) is 11.8 Å². The predicted octanol–water partition coefficient (Wildman–Crippen LogP) is 1.64. The van der Waals surface area contributed by atoms with Gasteiger partial charge in [0, 0.05) is 36.9 Å². The fourth-order valence-electron chi connectivity index (χ4n) is 2.53. The van der Waals surface area contributed by atoms with E-state index in [4.69, 9.17) is 10.1 Å². The lowest BCUT2D eigenvalue weighted by molar-refractivity contribution is 0.0823. The summed E-state index contributed by atoms with van der Waals surface area (Å²) in [7, 11) is 3.88. The molecule has 0 aromatic heterocycles. The Bertz CT molecular complexity index is 561. The maximum Gasteiger partial charge on any atom is 0.292 e. The molecule has 1 aromatic carbocycles. The highest BCUT2D eigenvalue weighted by Gasteiger charge is 2.46. The number of thioether (sulfide) groups is 1. The van der Waals surface area contributed by atoms with Crippen LogP contribution in [0.1, 0.15) is 10.4 Å². The quantitative estimate of drug-likeness (QED) is 0.900. The van der Waals surface area contributed by atoms with Crippen molar-refractivity contribution in [2.45, 2.75) is 12.1 Å². The number of amides is 1. The highest BCUT2D eigenvalue weighted by atomic mass is 32.2. The van der Waals surface area contributed by atoms with Gasteiger partial charge in [-0.25, -0.2) is 0 Å². The molecule has 1 N–H and O–H groups in total. The van der Waals surface area contributed by atoms with E-state index >= 15 is 0 Å². The van der Waals surface area contributed by atoms with Gasteiger partial charge in [0.15, 0.2) is 0 Å². The van der Waals surface area contributed by atoms with Gasteiger partial charge in [0.25, 0.3) is 11.9 Å². The van der Waals surface area contributed by atoms with E-state index in [1.807, 2.05) is 37.2 Å². The molecule has 0 spiro atoms. The molecule has 2 aliphatic heterocycles. The molecule has 0 saturated carbocycles. The van der Waals surface area contributed by atoms with Crippen LogP contribution in [0.5, 0.6) is 0 Å². The van der Waals surface area contributed by atoms with Crippen molar-refractivity contribution >= 4 is 29.4 Å². The molecular weight excluding hydrogens is 274 g/mol. The number of hydrogen-bond donors (Lipinski definition) is 1. The normalized spacial score (nSPS) is 24.5. The summed E-state index contributed by atoms with van der Waals surface area (Å²) in [6.07, 6.45) is -0.0199. The van der Waals surface area contributed by atoms with E-state index in [0.29, 0.717) is 5.56 Å². The summed E-state index contributed by atoms with van der Waals surface area (Å²) in [6, 6.07) is 7.45. The first-order chi connectivity index (χ1) is 9.58. The second-order valence-corrected chi connectivity index (χ2v) is 6.26. The number of nitrogens with one attached hydrogen (secondary N) is 1. The Morgan fingerprint density at radius 2 is 2.25 bits per heavy atom. The molecule has 20 heavy (non-hydrogen) atoms. The molecule has 6 heteroatoms. The van der Waals surface area contributed by atoms with E-state index in [1.165, 1.54) is 4.90 Å². The van der Waals surface area contributed by atoms with Gasteiger partial charge in [0.05, 0.1) is 6.04 Å². The number of rotatable bonds is 2. The first-order valence-corrected chi connectivity index (χ1v) is 7.67.